The van der Waals surface area contributed by atoms with E-state index in [1.165, 1.54) is 38.5 Å². The number of carboxylic acid groups (broad SMARTS) is 1. The zero-order valence-electron chi connectivity index (χ0n) is 14.3. The van der Waals surface area contributed by atoms with Crippen LogP contribution in [0.15, 0.2) is 0 Å². The van der Waals surface area contributed by atoms with Crippen molar-refractivity contribution in [3.63, 3.8) is 0 Å². The first-order chi connectivity index (χ1) is 10.6. The highest BCUT2D eigenvalue weighted by atomic mass is 16.4. The fraction of sp³-hybridized carbons (Fsp3) is 0.944. The van der Waals surface area contributed by atoms with Crippen LogP contribution >= 0.6 is 0 Å². The molecule has 0 aliphatic rings. The predicted octanol–water partition coefficient (Wildman–Crippen LogP) is 4.27. The molecule has 2 unspecified atom stereocenters. The van der Waals surface area contributed by atoms with Crippen LogP contribution in [0, 0.1) is 0 Å². The number of hydrogen-bond acceptors (Lipinski definition) is 3. The molecule has 0 aliphatic carbocycles. The second-order valence-electron chi connectivity index (χ2n) is 6.41. The second kappa shape index (κ2) is 15.3. The summed E-state index contributed by atoms with van der Waals surface area (Å²) in [5.74, 6) is -1.13. The topological polar surface area (TPSA) is 77.8 Å². The third kappa shape index (κ3) is 14.3. The molecule has 0 aromatic carbocycles. The molecule has 0 aliphatic heterocycles. The van der Waals surface area contributed by atoms with Crippen molar-refractivity contribution in [2.45, 2.75) is 109 Å². The molecule has 0 rings (SSSR count). The zero-order chi connectivity index (χ0) is 16.6. The third-order valence-corrected chi connectivity index (χ3v) is 4.19. The van der Waals surface area contributed by atoms with Gasteiger partial charge in [-0.25, -0.2) is 4.79 Å². The fourth-order valence-corrected chi connectivity index (χ4v) is 2.68. The van der Waals surface area contributed by atoms with E-state index >= 15 is 0 Å². The van der Waals surface area contributed by atoms with Crippen molar-refractivity contribution in [3.05, 3.63) is 0 Å². The van der Waals surface area contributed by atoms with Crippen molar-refractivity contribution < 1.29 is 20.1 Å². The van der Waals surface area contributed by atoms with Gasteiger partial charge in [0.15, 0.2) is 6.10 Å². The summed E-state index contributed by atoms with van der Waals surface area (Å²) < 4.78 is 0. The Balaban J connectivity index is 3.25. The lowest BCUT2D eigenvalue weighted by Crippen LogP contribution is -2.18. The standard InChI is InChI=1S/C18H36O4/c1-2-3-4-5-6-7-10-13-16(19)14-11-8-9-12-15-17(20)18(21)22/h16-17,19-20H,2-15H2,1H3,(H,21,22). The summed E-state index contributed by atoms with van der Waals surface area (Å²) >= 11 is 0. The van der Waals surface area contributed by atoms with Gasteiger partial charge in [0, 0.05) is 0 Å². The molecule has 0 aromatic heterocycles. The Kier molecular flexibility index (Phi) is 14.9. The number of carbonyl (C=O) groups is 1. The maximum atomic E-state index is 10.4. The van der Waals surface area contributed by atoms with Crippen LogP contribution in [0.3, 0.4) is 0 Å². The highest BCUT2D eigenvalue weighted by Crippen LogP contribution is 2.14. The normalized spacial score (nSPS) is 14.0. The average Bonchev–Trinajstić information content (AvgIpc) is 2.49. The molecule has 4 heteroatoms. The molecule has 0 saturated carbocycles. The van der Waals surface area contributed by atoms with E-state index in [0.29, 0.717) is 6.42 Å². The molecule has 22 heavy (non-hydrogen) atoms. The van der Waals surface area contributed by atoms with Crippen LogP contribution in [0.5, 0.6) is 0 Å². The summed E-state index contributed by atoms with van der Waals surface area (Å²) in [5.41, 5.74) is 0. The molecule has 0 amide bonds. The minimum absolute atomic E-state index is 0.180. The first-order valence-corrected chi connectivity index (χ1v) is 9.16. The van der Waals surface area contributed by atoms with Crippen LogP contribution in [-0.2, 0) is 4.79 Å². The van der Waals surface area contributed by atoms with E-state index in [4.69, 9.17) is 10.2 Å². The molecule has 0 spiro atoms. The van der Waals surface area contributed by atoms with Crippen LogP contribution < -0.4 is 0 Å². The molecule has 0 bridgehead atoms. The minimum atomic E-state index is -1.22. The van der Waals surface area contributed by atoms with Crippen molar-refractivity contribution in [3.8, 4) is 0 Å². The maximum absolute atomic E-state index is 10.4. The number of hydrogen-bond donors (Lipinski definition) is 3. The second-order valence-corrected chi connectivity index (χ2v) is 6.41. The summed E-state index contributed by atoms with van der Waals surface area (Å²) in [6, 6.07) is 0. The number of aliphatic carboxylic acids is 1. The van der Waals surface area contributed by atoms with Gasteiger partial charge < -0.3 is 15.3 Å². The van der Waals surface area contributed by atoms with Crippen LogP contribution in [0.4, 0.5) is 0 Å². The Morgan fingerprint density at radius 3 is 1.59 bits per heavy atom. The van der Waals surface area contributed by atoms with Gasteiger partial charge in [0.1, 0.15) is 0 Å². The Labute approximate surface area is 135 Å². The Hall–Kier alpha value is -0.610. The quantitative estimate of drug-likeness (QED) is 0.371. The van der Waals surface area contributed by atoms with Crippen molar-refractivity contribution in [2.75, 3.05) is 0 Å². The highest BCUT2D eigenvalue weighted by molar-refractivity contribution is 5.71. The fourth-order valence-electron chi connectivity index (χ4n) is 2.68. The summed E-state index contributed by atoms with van der Waals surface area (Å²) in [5, 5.41) is 27.5. The lowest BCUT2D eigenvalue weighted by molar-refractivity contribution is -0.146. The van der Waals surface area contributed by atoms with E-state index < -0.39 is 12.1 Å². The van der Waals surface area contributed by atoms with E-state index in [0.717, 1.165) is 44.9 Å². The molecule has 0 saturated heterocycles. The minimum Gasteiger partial charge on any atom is -0.479 e. The molecule has 0 fully saturated rings. The molecule has 2 atom stereocenters. The van der Waals surface area contributed by atoms with Crippen LogP contribution in [0.2, 0.25) is 0 Å². The van der Waals surface area contributed by atoms with Crippen LogP contribution in [-0.4, -0.2) is 33.5 Å². The SMILES string of the molecule is CCCCCCCCCC(O)CCCCCCC(O)C(=O)O. The number of aliphatic hydroxyl groups is 2. The number of aliphatic hydroxyl groups excluding tert-OH is 2. The number of rotatable bonds is 16. The Morgan fingerprint density at radius 2 is 1.14 bits per heavy atom. The van der Waals surface area contributed by atoms with Gasteiger partial charge in [-0.05, 0) is 19.3 Å². The van der Waals surface area contributed by atoms with Crippen molar-refractivity contribution >= 4 is 5.97 Å². The van der Waals surface area contributed by atoms with Gasteiger partial charge in [-0.1, -0.05) is 77.6 Å². The van der Waals surface area contributed by atoms with Gasteiger partial charge in [-0.2, -0.15) is 0 Å². The Morgan fingerprint density at radius 1 is 0.727 bits per heavy atom. The highest BCUT2D eigenvalue weighted by Gasteiger charge is 2.11. The van der Waals surface area contributed by atoms with E-state index in [9.17, 15) is 9.90 Å². The lowest BCUT2D eigenvalue weighted by atomic mass is 10.0. The summed E-state index contributed by atoms with van der Waals surface area (Å²) in [6.07, 6.45) is 13.3. The van der Waals surface area contributed by atoms with Crippen molar-refractivity contribution in [1.82, 2.24) is 0 Å². The first-order valence-electron chi connectivity index (χ1n) is 9.16. The number of carboxylic acids is 1. The van der Waals surface area contributed by atoms with Crippen molar-refractivity contribution in [1.29, 1.82) is 0 Å². The Bertz CT molecular complexity index is 255. The predicted molar refractivity (Wildman–Crippen MR) is 90.0 cm³/mol. The van der Waals surface area contributed by atoms with Gasteiger partial charge in [0.2, 0.25) is 0 Å². The van der Waals surface area contributed by atoms with Crippen LogP contribution in [0.25, 0.3) is 0 Å². The molecule has 0 heterocycles. The van der Waals surface area contributed by atoms with Gasteiger partial charge in [0.05, 0.1) is 6.10 Å². The monoisotopic (exact) mass is 316 g/mol. The average molecular weight is 316 g/mol. The first kappa shape index (κ1) is 21.4. The van der Waals surface area contributed by atoms with Gasteiger partial charge >= 0.3 is 5.97 Å². The number of unbranched alkanes of at least 4 members (excludes halogenated alkanes) is 9. The zero-order valence-corrected chi connectivity index (χ0v) is 14.3. The molecule has 0 aromatic rings. The van der Waals surface area contributed by atoms with E-state index in [-0.39, 0.29) is 6.10 Å². The molecule has 0 radical (unpaired) electrons. The molecule has 132 valence electrons. The maximum Gasteiger partial charge on any atom is 0.332 e. The summed E-state index contributed by atoms with van der Waals surface area (Å²) in [6.45, 7) is 2.23. The van der Waals surface area contributed by atoms with E-state index in [2.05, 4.69) is 6.92 Å². The lowest BCUT2D eigenvalue weighted by Gasteiger charge is -2.10. The smallest absolute Gasteiger partial charge is 0.332 e. The summed E-state index contributed by atoms with van der Waals surface area (Å²) in [4.78, 5) is 10.4. The molecular weight excluding hydrogens is 280 g/mol. The third-order valence-electron chi connectivity index (χ3n) is 4.19. The van der Waals surface area contributed by atoms with Crippen molar-refractivity contribution in [2.24, 2.45) is 0 Å². The van der Waals surface area contributed by atoms with Gasteiger partial charge in [-0.15, -0.1) is 0 Å². The van der Waals surface area contributed by atoms with Gasteiger partial charge in [0.25, 0.3) is 0 Å². The molecule has 3 N–H and O–H groups in total. The van der Waals surface area contributed by atoms with Crippen LogP contribution in [0.1, 0.15) is 96.8 Å². The molecular formula is C18H36O4. The molecule has 4 nitrogen and oxygen atoms in total. The van der Waals surface area contributed by atoms with E-state index in [1.807, 2.05) is 0 Å². The largest absolute Gasteiger partial charge is 0.479 e. The van der Waals surface area contributed by atoms with E-state index in [1.54, 1.807) is 0 Å². The summed E-state index contributed by atoms with van der Waals surface area (Å²) in [7, 11) is 0. The van der Waals surface area contributed by atoms with Gasteiger partial charge in [-0.3, -0.25) is 0 Å².